The van der Waals surface area contributed by atoms with Crippen LogP contribution in [0, 0.1) is 11.8 Å². The molecule has 1 aromatic carbocycles. The van der Waals surface area contributed by atoms with E-state index in [0.717, 1.165) is 56.1 Å². The molecule has 7 nitrogen and oxygen atoms in total. The van der Waals surface area contributed by atoms with Crippen molar-refractivity contribution in [1.82, 2.24) is 0 Å². The molecule has 0 bridgehead atoms. The Balaban J connectivity index is 1.80. The highest BCUT2D eigenvalue weighted by Crippen LogP contribution is 2.38. The lowest BCUT2D eigenvalue weighted by atomic mass is 9.80. The van der Waals surface area contributed by atoms with Gasteiger partial charge in [0.05, 0.1) is 12.2 Å². The Bertz CT molecular complexity index is 946. The van der Waals surface area contributed by atoms with E-state index < -0.39 is 0 Å². The zero-order valence-corrected chi connectivity index (χ0v) is 21.8. The Labute approximate surface area is 215 Å². The molecule has 0 amide bonds. The van der Waals surface area contributed by atoms with E-state index in [4.69, 9.17) is 20.9 Å². The van der Waals surface area contributed by atoms with Crippen LogP contribution in [0.4, 0.5) is 0 Å². The standard InChI is InChI=1S/C29H43N3O4/c1-3-4-5-8-24(33)13-11-20-15-23(28(34)27(17-20)36-25-9-6-7-10-25)18-22-16-21(19-32-29(30)31)12-14-26(22)35-2/h5,8,12,14-15,17,21-22,25-26,34H,3-4,6-7,9-11,13,16,18-19H2,1-2H3,(H4,30,31,32)/b8-5+/t21-,22-,26+/m1/s1. The quantitative estimate of drug-likeness (QED) is 0.159. The van der Waals surface area contributed by atoms with Crippen molar-refractivity contribution >= 4 is 11.7 Å². The molecule has 1 aromatic rings. The Morgan fingerprint density at radius 1 is 1.22 bits per heavy atom. The number of guanidine groups is 1. The van der Waals surface area contributed by atoms with Gasteiger partial charge in [0, 0.05) is 20.1 Å². The van der Waals surface area contributed by atoms with Gasteiger partial charge < -0.3 is 26.0 Å². The molecule has 0 spiro atoms. The number of benzene rings is 1. The maximum atomic E-state index is 12.3. The number of hydrogen-bond donors (Lipinski definition) is 3. The van der Waals surface area contributed by atoms with E-state index >= 15 is 0 Å². The fourth-order valence-corrected chi connectivity index (χ4v) is 5.17. The number of carbonyl (C=O) groups excluding carboxylic acids is 1. The number of phenolic OH excluding ortho intramolecular Hbond substituents is 1. The number of ether oxygens (including phenoxy) is 2. The number of ketones is 1. The number of nitrogens with zero attached hydrogens (tertiary/aromatic N) is 1. The Morgan fingerprint density at radius 2 is 2.00 bits per heavy atom. The predicted molar refractivity (Wildman–Crippen MR) is 144 cm³/mol. The summed E-state index contributed by atoms with van der Waals surface area (Å²) in [5.74, 6) is 1.29. The van der Waals surface area contributed by atoms with E-state index in [-0.39, 0.29) is 41.5 Å². The topological polar surface area (TPSA) is 120 Å². The molecule has 2 aliphatic carbocycles. The van der Waals surface area contributed by atoms with Crippen LogP contribution in [-0.2, 0) is 22.4 Å². The van der Waals surface area contributed by atoms with Gasteiger partial charge in [-0.25, -0.2) is 0 Å². The second kappa shape index (κ2) is 14.1. The molecular weight excluding hydrogens is 454 g/mol. The third-order valence-electron chi connectivity index (χ3n) is 7.13. The van der Waals surface area contributed by atoms with E-state index in [2.05, 4.69) is 24.1 Å². The number of aliphatic imine (C=N–C) groups is 1. The second-order valence-electron chi connectivity index (χ2n) is 10.1. The number of nitrogens with two attached hydrogens (primary N) is 2. The molecule has 0 radical (unpaired) electrons. The normalized spacial score (nSPS) is 22.2. The van der Waals surface area contributed by atoms with Crippen LogP contribution in [0.15, 0.2) is 41.4 Å². The first-order valence-electron chi connectivity index (χ1n) is 13.4. The van der Waals surface area contributed by atoms with Gasteiger partial charge in [-0.2, -0.15) is 0 Å². The Morgan fingerprint density at radius 3 is 2.69 bits per heavy atom. The number of rotatable bonds is 13. The number of phenols is 1. The van der Waals surface area contributed by atoms with Crippen LogP contribution in [0.3, 0.4) is 0 Å². The van der Waals surface area contributed by atoms with Gasteiger partial charge in [0.15, 0.2) is 23.2 Å². The SMILES string of the molecule is CCC/C=C/C(=O)CCc1cc(C[C@H]2C[C@H](CN=C(N)N)C=C[C@@H]2OC)c(O)c(OC2CCCC2)c1. The van der Waals surface area contributed by atoms with Crippen LogP contribution in [0.25, 0.3) is 0 Å². The number of methoxy groups -OCH3 is 1. The first-order valence-corrected chi connectivity index (χ1v) is 13.4. The smallest absolute Gasteiger partial charge is 0.185 e. The molecule has 2 aliphatic rings. The third kappa shape index (κ3) is 8.40. The van der Waals surface area contributed by atoms with Crippen molar-refractivity contribution < 1.29 is 19.4 Å². The summed E-state index contributed by atoms with van der Waals surface area (Å²) in [7, 11) is 1.71. The van der Waals surface area contributed by atoms with Gasteiger partial charge in [-0.05, 0) is 86.5 Å². The van der Waals surface area contributed by atoms with E-state index in [1.807, 2.05) is 18.2 Å². The zero-order valence-electron chi connectivity index (χ0n) is 21.8. The maximum Gasteiger partial charge on any atom is 0.185 e. The summed E-state index contributed by atoms with van der Waals surface area (Å²) in [6.07, 6.45) is 16.6. The molecule has 7 heteroatoms. The van der Waals surface area contributed by atoms with E-state index in [1.54, 1.807) is 13.2 Å². The lowest BCUT2D eigenvalue weighted by Crippen LogP contribution is -2.30. The molecule has 1 saturated carbocycles. The van der Waals surface area contributed by atoms with Crippen molar-refractivity contribution in [2.45, 2.75) is 83.3 Å². The highest BCUT2D eigenvalue weighted by atomic mass is 16.5. The molecule has 36 heavy (non-hydrogen) atoms. The Hall–Kier alpha value is -2.80. The summed E-state index contributed by atoms with van der Waals surface area (Å²) in [6, 6.07) is 3.94. The molecule has 0 aliphatic heterocycles. The van der Waals surface area contributed by atoms with Crippen molar-refractivity contribution in [2.24, 2.45) is 28.3 Å². The first kappa shape index (κ1) is 27.8. The summed E-state index contributed by atoms with van der Waals surface area (Å²) in [5, 5.41) is 11.2. The van der Waals surface area contributed by atoms with Crippen LogP contribution in [0.2, 0.25) is 0 Å². The number of allylic oxidation sites excluding steroid dienone is 2. The molecule has 1 fully saturated rings. The number of aromatic hydroxyl groups is 1. The number of aryl methyl sites for hydroxylation is 1. The summed E-state index contributed by atoms with van der Waals surface area (Å²) < 4.78 is 12.0. The average molecular weight is 498 g/mol. The van der Waals surface area contributed by atoms with Gasteiger partial charge in [-0.3, -0.25) is 9.79 Å². The van der Waals surface area contributed by atoms with E-state index in [1.165, 1.54) is 0 Å². The van der Waals surface area contributed by atoms with E-state index in [0.29, 0.717) is 31.6 Å². The van der Waals surface area contributed by atoms with Crippen LogP contribution in [0.5, 0.6) is 11.5 Å². The van der Waals surface area contributed by atoms with Crippen molar-refractivity contribution in [1.29, 1.82) is 0 Å². The first-order chi connectivity index (χ1) is 17.4. The minimum absolute atomic E-state index is 0.0620. The molecule has 3 atom stereocenters. The van der Waals surface area contributed by atoms with Crippen LogP contribution >= 0.6 is 0 Å². The van der Waals surface area contributed by atoms with Crippen molar-refractivity contribution in [3.63, 3.8) is 0 Å². The third-order valence-corrected chi connectivity index (χ3v) is 7.13. The molecule has 0 aromatic heterocycles. The zero-order chi connectivity index (χ0) is 25.9. The van der Waals surface area contributed by atoms with Gasteiger partial charge >= 0.3 is 0 Å². The molecule has 3 rings (SSSR count). The van der Waals surface area contributed by atoms with E-state index in [9.17, 15) is 9.90 Å². The van der Waals surface area contributed by atoms with Crippen molar-refractivity contribution in [3.8, 4) is 11.5 Å². The van der Waals surface area contributed by atoms with Crippen molar-refractivity contribution in [2.75, 3.05) is 13.7 Å². The van der Waals surface area contributed by atoms with Gasteiger partial charge in [0.25, 0.3) is 0 Å². The fourth-order valence-electron chi connectivity index (χ4n) is 5.17. The molecule has 0 heterocycles. The molecule has 0 unspecified atom stereocenters. The monoisotopic (exact) mass is 497 g/mol. The summed E-state index contributed by atoms with van der Waals surface area (Å²) in [5.41, 5.74) is 12.9. The highest BCUT2D eigenvalue weighted by molar-refractivity contribution is 5.89. The average Bonchev–Trinajstić information content (AvgIpc) is 3.37. The number of hydrogen-bond acceptors (Lipinski definition) is 5. The van der Waals surface area contributed by atoms with Gasteiger partial charge in [0.1, 0.15) is 0 Å². The van der Waals surface area contributed by atoms with Crippen LogP contribution in [-0.4, -0.2) is 42.7 Å². The van der Waals surface area contributed by atoms with Gasteiger partial charge in [-0.1, -0.05) is 37.6 Å². The molecule has 0 saturated heterocycles. The molecule has 5 N–H and O–H groups in total. The minimum atomic E-state index is -0.0620. The summed E-state index contributed by atoms with van der Waals surface area (Å²) >= 11 is 0. The van der Waals surface area contributed by atoms with Gasteiger partial charge in [0.2, 0.25) is 0 Å². The van der Waals surface area contributed by atoms with Crippen LogP contribution in [0.1, 0.15) is 69.4 Å². The lowest BCUT2D eigenvalue weighted by Gasteiger charge is -2.31. The highest BCUT2D eigenvalue weighted by Gasteiger charge is 2.29. The number of carbonyl (C=O) groups is 1. The van der Waals surface area contributed by atoms with Crippen molar-refractivity contribution in [3.05, 3.63) is 47.6 Å². The fraction of sp³-hybridized carbons (Fsp3) is 0.586. The predicted octanol–water partition coefficient (Wildman–Crippen LogP) is 4.59. The molecule has 198 valence electrons. The Kier molecular flexibility index (Phi) is 10.9. The van der Waals surface area contributed by atoms with Gasteiger partial charge in [-0.15, -0.1) is 0 Å². The second-order valence-corrected chi connectivity index (χ2v) is 10.1. The minimum Gasteiger partial charge on any atom is -0.504 e. The summed E-state index contributed by atoms with van der Waals surface area (Å²) in [4.78, 5) is 16.5. The van der Waals surface area contributed by atoms with Crippen LogP contribution < -0.4 is 16.2 Å². The maximum absolute atomic E-state index is 12.3. The number of unbranched alkanes of at least 4 members (excludes halogenated alkanes) is 1. The summed E-state index contributed by atoms with van der Waals surface area (Å²) in [6.45, 7) is 2.62. The lowest BCUT2D eigenvalue weighted by molar-refractivity contribution is -0.114. The largest absolute Gasteiger partial charge is 0.504 e. The molecular formula is C29H43N3O4.